The first kappa shape index (κ1) is 21.0. The van der Waals surface area contributed by atoms with E-state index in [4.69, 9.17) is 9.47 Å². The first-order chi connectivity index (χ1) is 13.5. The van der Waals surface area contributed by atoms with Gasteiger partial charge in [0.15, 0.2) is 11.5 Å². The third kappa shape index (κ3) is 5.35. The van der Waals surface area contributed by atoms with Gasteiger partial charge in [-0.1, -0.05) is 6.07 Å². The highest BCUT2D eigenvalue weighted by Gasteiger charge is 2.16. The molecule has 28 heavy (non-hydrogen) atoms. The average Bonchev–Trinajstić information content (AvgIpc) is 2.69. The number of carbonyl (C=O) groups excluding carboxylic acids is 1. The van der Waals surface area contributed by atoms with Gasteiger partial charge in [0, 0.05) is 25.2 Å². The highest BCUT2D eigenvalue weighted by Crippen LogP contribution is 2.29. The summed E-state index contributed by atoms with van der Waals surface area (Å²) in [6.07, 6.45) is 0.592. The first-order valence-electron chi connectivity index (χ1n) is 9.13. The lowest BCUT2D eigenvalue weighted by Gasteiger charge is -2.12. The lowest BCUT2D eigenvalue weighted by atomic mass is 10.1. The van der Waals surface area contributed by atoms with E-state index in [1.807, 2.05) is 32.0 Å². The smallest absolute Gasteiger partial charge is 0.293 e. The molecule has 0 fully saturated rings. The number of nitro benzene ring substituents is 1. The van der Waals surface area contributed by atoms with E-state index in [-0.39, 0.29) is 17.2 Å². The van der Waals surface area contributed by atoms with Crippen molar-refractivity contribution in [3.63, 3.8) is 0 Å². The second kappa shape index (κ2) is 10.1. The Bertz CT molecular complexity index is 839. The van der Waals surface area contributed by atoms with Crippen molar-refractivity contribution in [1.82, 2.24) is 5.32 Å². The summed E-state index contributed by atoms with van der Waals surface area (Å²) in [5.74, 6) is 1.00. The number of nitro groups is 1. The van der Waals surface area contributed by atoms with Crippen LogP contribution >= 0.6 is 0 Å². The van der Waals surface area contributed by atoms with Gasteiger partial charge in [0.1, 0.15) is 5.69 Å². The van der Waals surface area contributed by atoms with Crippen LogP contribution in [0.25, 0.3) is 0 Å². The van der Waals surface area contributed by atoms with Crippen molar-refractivity contribution in [2.75, 3.05) is 32.1 Å². The summed E-state index contributed by atoms with van der Waals surface area (Å²) in [5.41, 5.74) is 1.46. The van der Waals surface area contributed by atoms with E-state index in [0.29, 0.717) is 43.4 Å². The van der Waals surface area contributed by atoms with Crippen molar-refractivity contribution in [3.05, 3.63) is 57.6 Å². The number of nitrogens with zero attached hydrogens (tertiary/aromatic N) is 1. The van der Waals surface area contributed by atoms with Gasteiger partial charge in [-0.25, -0.2) is 0 Å². The van der Waals surface area contributed by atoms with Crippen LogP contribution < -0.4 is 20.1 Å². The molecule has 0 aliphatic carbocycles. The molecule has 2 aromatic carbocycles. The van der Waals surface area contributed by atoms with Gasteiger partial charge < -0.3 is 20.1 Å². The maximum absolute atomic E-state index is 12.3. The number of nitrogens with one attached hydrogen (secondary N) is 2. The zero-order chi connectivity index (χ0) is 20.5. The average molecular weight is 387 g/mol. The van der Waals surface area contributed by atoms with Crippen LogP contribution in [0.4, 0.5) is 11.4 Å². The minimum absolute atomic E-state index is 0.136. The molecule has 0 aromatic heterocycles. The van der Waals surface area contributed by atoms with Gasteiger partial charge in [-0.15, -0.1) is 0 Å². The Kier molecular flexibility index (Phi) is 7.62. The minimum atomic E-state index is -0.516. The first-order valence-corrected chi connectivity index (χ1v) is 9.13. The molecule has 8 nitrogen and oxygen atoms in total. The molecular formula is C20H25N3O5. The SMILES string of the molecule is CCOc1ccc(CCNC(=O)c2ccc(NC)c([N+](=O)[O-])c2)cc1OCC. The Hall–Kier alpha value is -3.29. The predicted molar refractivity (Wildman–Crippen MR) is 107 cm³/mol. The van der Waals surface area contributed by atoms with E-state index in [9.17, 15) is 14.9 Å². The zero-order valence-corrected chi connectivity index (χ0v) is 16.3. The van der Waals surface area contributed by atoms with Gasteiger partial charge in [0.25, 0.3) is 11.6 Å². The largest absolute Gasteiger partial charge is 0.490 e. The number of anilines is 1. The van der Waals surface area contributed by atoms with E-state index < -0.39 is 4.92 Å². The molecule has 0 unspecified atom stereocenters. The van der Waals surface area contributed by atoms with E-state index in [1.165, 1.54) is 12.1 Å². The molecule has 0 atom stereocenters. The zero-order valence-electron chi connectivity index (χ0n) is 16.3. The van der Waals surface area contributed by atoms with Crippen molar-refractivity contribution in [2.45, 2.75) is 20.3 Å². The van der Waals surface area contributed by atoms with Crippen LogP contribution in [0.15, 0.2) is 36.4 Å². The third-order valence-electron chi connectivity index (χ3n) is 4.03. The van der Waals surface area contributed by atoms with Crippen LogP contribution in [-0.4, -0.2) is 37.6 Å². The van der Waals surface area contributed by atoms with E-state index in [1.54, 1.807) is 13.1 Å². The molecule has 0 aliphatic heterocycles. The molecule has 0 radical (unpaired) electrons. The van der Waals surface area contributed by atoms with E-state index in [0.717, 1.165) is 5.56 Å². The summed E-state index contributed by atoms with van der Waals surface area (Å²) in [6, 6.07) is 10.0. The molecule has 2 rings (SSSR count). The maximum atomic E-state index is 12.3. The normalized spacial score (nSPS) is 10.2. The van der Waals surface area contributed by atoms with Gasteiger partial charge in [-0.2, -0.15) is 0 Å². The molecule has 0 spiro atoms. The van der Waals surface area contributed by atoms with Crippen LogP contribution in [0.2, 0.25) is 0 Å². The van der Waals surface area contributed by atoms with Gasteiger partial charge in [-0.05, 0) is 50.1 Å². The summed E-state index contributed by atoms with van der Waals surface area (Å²) in [4.78, 5) is 22.9. The van der Waals surface area contributed by atoms with Crippen molar-refractivity contribution in [3.8, 4) is 11.5 Å². The second-order valence-corrected chi connectivity index (χ2v) is 5.89. The summed E-state index contributed by atoms with van der Waals surface area (Å²) in [6.45, 7) is 5.28. The molecule has 2 N–H and O–H groups in total. The third-order valence-corrected chi connectivity index (χ3v) is 4.03. The lowest BCUT2D eigenvalue weighted by molar-refractivity contribution is -0.384. The topological polar surface area (TPSA) is 103 Å². The quantitative estimate of drug-likeness (QED) is 0.478. The monoisotopic (exact) mass is 387 g/mol. The maximum Gasteiger partial charge on any atom is 0.293 e. The van der Waals surface area contributed by atoms with Crippen LogP contribution in [0, 0.1) is 10.1 Å². The second-order valence-electron chi connectivity index (χ2n) is 5.89. The molecule has 150 valence electrons. The Morgan fingerprint density at radius 2 is 1.79 bits per heavy atom. The molecule has 0 bridgehead atoms. The van der Waals surface area contributed by atoms with Gasteiger partial charge in [-0.3, -0.25) is 14.9 Å². The highest BCUT2D eigenvalue weighted by atomic mass is 16.6. The summed E-state index contributed by atoms with van der Waals surface area (Å²) in [5, 5.41) is 16.7. The fourth-order valence-electron chi connectivity index (χ4n) is 2.71. The fraction of sp³-hybridized carbons (Fsp3) is 0.350. The summed E-state index contributed by atoms with van der Waals surface area (Å²) in [7, 11) is 1.59. The fourth-order valence-corrected chi connectivity index (χ4v) is 2.71. The number of amides is 1. The van der Waals surface area contributed by atoms with E-state index >= 15 is 0 Å². The number of benzene rings is 2. The van der Waals surface area contributed by atoms with Crippen molar-refractivity contribution >= 4 is 17.3 Å². The van der Waals surface area contributed by atoms with Gasteiger partial charge >= 0.3 is 0 Å². The van der Waals surface area contributed by atoms with E-state index in [2.05, 4.69) is 10.6 Å². The number of hydrogen-bond acceptors (Lipinski definition) is 6. The molecule has 0 saturated carbocycles. The summed E-state index contributed by atoms with van der Waals surface area (Å²) < 4.78 is 11.1. The predicted octanol–water partition coefficient (Wildman–Crippen LogP) is 3.41. The molecule has 0 saturated heterocycles. The lowest BCUT2D eigenvalue weighted by Crippen LogP contribution is -2.25. The van der Waals surface area contributed by atoms with Gasteiger partial charge in [0.2, 0.25) is 0 Å². The van der Waals surface area contributed by atoms with Crippen molar-refractivity contribution in [2.24, 2.45) is 0 Å². The number of ether oxygens (including phenoxy) is 2. The van der Waals surface area contributed by atoms with Crippen LogP contribution in [0.3, 0.4) is 0 Å². The molecule has 8 heteroatoms. The van der Waals surface area contributed by atoms with Crippen molar-refractivity contribution < 1.29 is 19.2 Å². The Morgan fingerprint density at radius 3 is 2.43 bits per heavy atom. The number of hydrogen-bond donors (Lipinski definition) is 2. The van der Waals surface area contributed by atoms with Gasteiger partial charge in [0.05, 0.1) is 18.1 Å². The molecule has 0 aliphatic rings. The highest BCUT2D eigenvalue weighted by molar-refractivity contribution is 5.95. The Balaban J connectivity index is 2.01. The Labute approximate surface area is 164 Å². The molecule has 1 amide bonds. The van der Waals surface area contributed by atoms with Crippen LogP contribution in [0.5, 0.6) is 11.5 Å². The van der Waals surface area contributed by atoms with Crippen LogP contribution in [0.1, 0.15) is 29.8 Å². The number of carbonyl (C=O) groups is 1. The van der Waals surface area contributed by atoms with Crippen LogP contribution in [-0.2, 0) is 6.42 Å². The Morgan fingerprint density at radius 1 is 1.07 bits per heavy atom. The minimum Gasteiger partial charge on any atom is -0.490 e. The molecular weight excluding hydrogens is 362 g/mol. The molecule has 0 heterocycles. The standard InChI is InChI=1S/C20H25N3O5/c1-4-27-18-9-6-14(12-19(18)28-5-2)10-11-22-20(24)15-7-8-16(21-3)17(13-15)23(25)26/h6-9,12-13,21H,4-5,10-11H2,1-3H3,(H,22,24). The number of rotatable bonds is 10. The summed E-state index contributed by atoms with van der Waals surface area (Å²) >= 11 is 0. The molecule has 2 aromatic rings. The van der Waals surface area contributed by atoms with Crippen molar-refractivity contribution in [1.29, 1.82) is 0 Å².